The van der Waals surface area contributed by atoms with Crippen LogP contribution in [0.5, 0.6) is 0 Å². The molecule has 21 heavy (non-hydrogen) atoms. The molecule has 3 aromatic rings. The van der Waals surface area contributed by atoms with Crippen LogP contribution in [0.25, 0.3) is 11.4 Å². The number of nitrogens with zero attached hydrogens (tertiary/aromatic N) is 2. The van der Waals surface area contributed by atoms with Gasteiger partial charge in [0.1, 0.15) is 5.82 Å². The number of nitrogens with one attached hydrogen (secondary N) is 1. The molecule has 0 unspecified atom stereocenters. The van der Waals surface area contributed by atoms with Crippen molar-refractivity contribution in [2.45, 2.75) is 10.9 Å². The summed E-state index contributed by atoms with van der Waals surface area (Å²) >= 11 is 4.91. The topological polar surface area (TPSA) is 41.6 Å². The number of rotatable bonds is 4. The Morgan fingerprint density at radius 2 is 1.86 bits per heavy atom. The fourth-order valence-corrected chi connectivity index (χ4v) is 2.83. The van der Waals surface area contributed by atoms with E-state index < -0.39 is 0 Å². The largest absolute Gasteiger partial charge is 0.258 e. The number of H-pyrrole nitrogens is 1. The van der Waals surface area contributed by atoms with Gasteiger partial charge in [-0.15, -0.1) is 5.10 Å². The molecular formula is C15H11BrFN3S. The maximum absolute atomic E-state index is 13.7. The molecule has 0 bridgehead atoms. The van der Waals surface area contributed by atoms with Gasteiger partial charge in [0.15, 0.2) is 5.82 Å². The average molecular weight is 364 g/mol. The van der Waals surface area contributed by atoms with Crippen LogP contribution < -0.4 is 0 Å². The highest BCUT2D eigenvalue weighted by Crippen LogP contribution is 2.24. The number of benzene rings is 2. The van der Waals surface area contributed by atoms with Crippen LogP contribution in [0, 0.1) is 5.82 Å². The smallest absolute Gasteiger partial charge is 0.209 e. The van der Waals surface area contributed by atoms with Crippen molar-refractivity contribution in [3.8, 4) is 11.4 Å². The van der Waals surface area contributed by atoms with Gasteiger partial charge in [0.05, 0.1) is 5.56 Å². The van der Waals surface area contributed by atoms with Gasteiger partial charge in [-0.3, -0.25) is 5.10 Å². The minimum Gasteiger partial charge on any atom is -0.258 e. The van der Waals surface area contributed by atoms with Gasteiger partial charge in [-0.25, -0.2) is 9.37 Å². The second-order valence-corrected chi connectivity index (χ2v) is 6.22. The van der Waals surface area contributed by atoms with Gasteiger partial charge >= 0.3 is 0 Å². The van der Waals surface area contributed by atoms with Crippen molar-refractivity contribution in [3.05, 3.63) is 64.4 Å². The van der Waals surface area contributed by atoms with Crippen molar-refractivity contribution in [2.24, 2.45) is 0 Å². The molecule has 0 radical (unpaired) electrons. The molecule has 0 spiro atoms. The zero-order chi connectivity index (χ0) is 14.7. The zero-order valence-electron chi connectivity index (χ0n) is 10.9. The van der Waals surface area contributed by atoms with Gasteiger partial charge in [0, 0.05) is 10.2 Å². The summed E-state index contributed by atoms with van der Waals surface area (Å²) in [5, 5.41) is 7.50. The molecule has 1 heterocycles. The predicted octanol–water partition coefficient (Wildman–Crippen LogP) is 4.67. The normalized spacial score (nSPS) is 10.8. The summed E-state index contributed by atoms with van der Waals surface area (Å²) in [6.45, 7) is 0. The highest BCUT2D eigenvalue weighted by molar-refractivity contribution is 9.10. The van der Waals surface area contributed by atoms with Crippen LogP contribution in [0.2, 0.25) is 0 Å². The molecule has 3 nitrogen and oxygen atoms in total. The van der Waals surface area contributed by atoms with E-state index in [2.05, 4.69) is 31.1 Å². The molecule has 1 aromatic heterocycles. The fraction of sp³-hybridized carbons (Fsp3) is 0.0667. The maximum Gasteiger partial charge on any atom is 0.209 e. The first-order chi connectivity index (χ1) is 10.2. The molecule has 106 valence electrons. The molecule has 0 atom stereocenters. The Bertz CT molecular complexity index is 743. The molecule has 0 fully saturated rings. The quantitative estimate of drug-likeness (QED) is 0.685. The Kier molecular flexibility index (Phi) is 4.36. The molecule has 0 aliphatic heterocycles. The van der Waals surface area contributed by atoms with Crippen molar-refractivity contribution in [1.29, 1.82) is 0 Å². The third-order valence-corrected chi connectivity index (χ3v) is 4.32. The van der Waals surface area contributed by atoms with Gasteiger partial charge in [0.25, 0.3) is 0 Å². The van der Waals surface area contributed by atoms with Gasteiger partial charge in [0.2, 0.25) is 5.16 Å². The fourth-order valence-electron chi connectivity index (χ4n) is 1.81. The summed E-state index contributed by atoms with van der Waals surface area (Å²) in [6.07, 6.45) is 0. The Morgan fingerprint density at radius 1 is 1.10 bits per heavy atom. The summed E-state index contributed by atoms with van der Waals surface area (Å²) in [5.41, 5.74) is 1.61. The Hall–Kier alpha value is -1.66. The van der Waals surface area contributed by atoms with E-state index in [1.807, 2.05) is 24.3 Å². The third kappa shape index (κ3) is 3.51. The summed E-state index contributed by atoms with van der Waals surface area (Å²) < 4.78 is 14.7. The van der Waals surface area contributed by atoms with Crippen molar-refractivity contribution in [1.82, 2.24) is 15.2 Å². The van der Waals surface area contributed by atoms with Gasteiger partial charge in [-0.1, -0.05) is 52.0 Å². The lowest BCUT2D eigenvalue weighted by molar-refractivity contribution is 0.630. The Labute approximate surface area is 134 Å². The van der Waals surface area contributed by atoms with Crippen LogP contribution in [-0.4, -0.2) is 15.2 Å². The Morgan fingerprint density at radius 3 is 2.62 bits per heavy atom. The first-order valence-electron chi connectivity index (χ1n) is 6.27. The lowest BCUT2D eigenvalue weighted by Crippen LogP contribution is -1.85. The highest BCUT2D eigenvalue weighted by atomic mass is 79.9. The number of thioether (sulfide) groups is 1. The third-order valence-electron chi connectivity index (χ3n) is 2.88. The molecule has 0 aliphatic rings. The predicted molar refractivity (Wildman–Crippen MR) is 85.5 cm³/mol. The molecule has 0 saturated carbocycles. The van der Waals surface area contributed by atoms with Gasteiger partial charge in [-0.2, -0.15) is 0 Å². The highest BCUT2D eigenvalue weighted by Gasteiger charge is 2.10. The van der Waals surface area contributed by atoms with Crippen LogP contribution >= 0.6 is 27.7 Å². The van der Waals surface area contributed by atoms with Crippen LogP contribution in [-0.2, 0) is 5.75 Å². The van der Waals surface area contributed by atoms with Crippen LogP contribution in [0.4, 0.5) is 4.39 Å². The first-order valence-corrected chi connectivity index (χ1v) is 8.05. The number of halogens is 2. The van der Waals surface area contributed by atoms with E-state index in [0.717, 1.165) is 10.2 Å². The van der Waals surface area contributed by atoms with E-state index >= 15 is 0 Å². The monoisotopic (exact) mass is 363 g/mol. The van der Waals surface area contributed by atoms with Crippen molar-refractivity contribution in [3.63, 3.8) is 0 Å². The van der Waals surface area contributed by atoms with Crippen LogP contribution in [0.15, 0.2) is 58.2 Å². The maximum atomic E-state index is 13.7. The number of aromatic nitrogens is 3. The molecule has 0 aliphatic carbocycles. The van der Waals surface area contributed by atoms with Crippen LogP contribution in [0.1, 0.15) is 5.56 Å². The molecular weight excluding hydrogens is 353 g/mol. The van der Waals surface area contributed by atoms with Crippen molar-refractivity contribution >= 4 is 27.7 Å². The zero-order valence-corrected chi connectivity index (χ0v) is 13.3. The summed E-state index contributed by atoms with van der Waals surface area (Å²) in [4.78, 5) is 4.32. The summed E-state index contributed by atoms with van der Waals surface area (Å²) in [6, 6.07) is 14.6. The van der Waals surface area contributed by atoms with E-state index in [4.69, 9.17) is 0 Å². The minimum atomic E-state index is -0.307. The SMILES string of the molecule is Fc1ccccc1-c1nc(SCc2ccc(Br)cc2)n[nH]1. The molecule has 1 N–H and O–H groups in total. The average Bonchev–Trinajstić information content (AvgIpc) is 2.96. The lowest BCUT2D eigenvalue weighted by atomic mass is 10.2. The standard InChI is InChI=1S/C15H11BrFN3S/c16-11-7-5-10(6-8-11)9-21-15-18-14(19-20-15)12-3-1-2-4-13(12)17/h1-8H,9H2,(H,18,19,20). The second kappa shape index (κ2) is 6.41. The number of hydrogen-bond acceptors (Lipinski definition) is 3. The van der Waals surface area contributed by atoms with E-state index in [1.54, 1.807) is 18.2 Å². The van der Waals surface area contributed by atoms with Gasteiger partial charge < -0.3 is 0 Å². The molecule has 2 aromatic carbocycles. The number of aromatic amines is 1. The van der Waals surface area contributed by atoms with E-state index in [-0.39, 0.29) is 5.82 Å². The van der Waals surface area contributed by atoms with Gasteiger partial charge in [-0.05, 0) is 29.8 Å². The van der Waals surface area contributed by atoms with Crippen molar-refractivity contribution < 1.29 is 4.39 Å². The summed E-state index contributed by atoms with van der Waals surface area (Å²) in [5.74, 6) is 0.909. The Balaban J connectivity index is 1.71. The molecule has 3 rings (SSSR count). The number of hydrogen-bond donors (Lipinski definition) is 1. The first kappa shape index (κ1) is 14.3. The second-order valence-electron chi connectivity index (χ2n) is 4.36. The minimum absolute atomic E-state index is 0.307. The van der Waals surface area contributed by atoms with E-state index in [1.165, 1.54) is 23.4 Å². The van der Waals surface area contributed by atoms with E-state index in [0.29, 0.717) is 16.5 Å². The molecule has 0 saturated heterocycles. The van der Waals surface area contributed by atoms with E-state index in [9.17, 15) is 4.39 Å². The molecule has 0 amide bonds. The van der Waals surface area contributed by atoms with Crippen molar-refractivity contribution in [2.75, 3.05) is 0 Å². The van der Waals surface area contributed by atoms with Crippen LogP contribution in [0.3, 0.4) is 0 Å². The molecule has 6 heteroatoms. The summed E-state index contributed by atoms with van der Waals surface area (Å²) in [7, 11) is 0. The lowest BCUT2D eigenvalue weighted by Gasteiger charge is -1.98.